The van der Waals surface area contributed by atoms with Crippen LogP contribution in [-0.4, -0.2) is 29.8 Å². The topological polar surface area (TPSA) is 20.3 Å². The third-order valence-corrected chi connectivity index (χ3v) is 4.50. The van der Waals surface area contributed by atoms with Crippen LogP contribution < -0.4 is 0 Å². The molecule has 0 N–H and O–H groups in total. The molecule has 1 amide bonds. The molecule has 90 valence electrons. The lowest BCUT2D eigenvalue weighted by atomic mass is 10.3. The van der Waals surface area contributed by atoms with E-state index in [0.717, 1.165) is 27.2 Å². The Balaban J connectivity index is 2.81. The molecular weight excluding hydrogens is 310 g/mol. The molecule has 0 aliphatic carbocycles. The van der Waals surface area contributed by atoms with Crippen LogP contribution in [0.15, 0.2) is 9.85 Å². The van der Waals surface area contributed by atoms with Crippen molar-refractivity contribution in [2.45, 2.75) is 20.3 Å². The van der Waals surface area contributed by atoms with Gasteiger partial charge in [0.05, 0.1) is 8.66 Å². The van der Waals surface area contributed by atoms with Gasteiger partial charge in [-0.25, -0.2) is 0 Å². The van der Waals surface area contributed by atoms with Gasteiger partial charge >= 0.3 is 0 Å². The first kappa shape index (κ1) is 14.0. The zero-order chi connectivity index (χ0) is 12.1. The summed E-state index contributed by atoms with van der Waals surface area (Å²) in [7, 11) is 0. The number of amides is 1. The highest BCUT2D eigenvalue weighted by Crippen LogP contribution is 2.28. The zero-order valence-electron chi connectivity index (χ0n) is 9.43. The Labute approximate surface area is 114 Å². The molecule has 1 aromatic heterocycles. The molecule has 0 radical (unpaired) electrons. The van der Waals surface area contributed by atoms with E-state index in [1.165, 1.54) is 11.3 Å². The molecule has 0 saturated carbocycles. The van der Waals surface area contributed by atoms with E-state index < -0.39 is 0 Å². The summed E-state index contributed by atoms with van der Waals surface area (Å²) in [6.45, 7) is 5.43. The van der Waals surface area contributed by atoms with Crippen molar-refractivity contribution in [2.24, 2.45) is 0 Å². The Bertz CT molecular complexity index is 341. The van der Waals surface area contributed by atoms with Crippen LogP contribution in [0.3, 0.4) is 0 Å². The van der Waals surface area contributed by atoms with E-state index in [4.69, 9.17) is 11.6 Å². The van der Waals surface area contributed by atoms with Gasteiger partial charge in [-0.05, 0) is 40.9 Å². The maximum absolute atomic E-state index is 12.1. The molecule has 1 heterocycles. The molecule has 0 saturated heterocycles. The fourth-order valence-electron chi connectivity index (χ4n) is 1.41. The Kier molecular flexibility index (Phi) is 5.79. The lowest BCUT2D eigenvalue weighted by molar-refractivity contribution is 0.0770. The molecular formula is C11H15BrClNOS. The van der Waals surface area contributed by atoms with Crippen LogP contribution in [0.25, 0.3) is 0 Å². The van der Waals surface area contributed by atoms with Gasteiger partial charge in [-0.1, -0.05) is 6.92 Å². The lowest BCUT2D eigenvalue weighted by Crippen LogP contribution is -2.32. The van der Waals surface area contributed by atoms with Gasteiger partial charge in [0.15, 0.2) is 0 Å². The van der Waals surface area contributed by atoms with Gasteiger partial charge in [-0.2, -0.15) is 0 Å². The third kappa shape index (κ3) is 3.47. The van der Waals surface area contributed by atoms with E-state index in [-0.39, 0.29) is 5.91 Å². The second kappa shape index (κ2) is 6.62. The molecule has 16 heavy (non-hydrogen) atoms. The van der Waals surface area contributed by atoms with Crippen molar-refractivity contribution >= 4 is 44.8 Å². The molecule has 2 nitrogen and oxygen atoms in total. The van der Waals surface area contributed by atoms with Crippen LogP contribution in [0.5, 0.6) is 0 Å². The van der Waals surface area contributed by atoms with Crippen LogP contribution in [0.4, 0.5) is 0 Å². The molecule has 0 spiro atoms. The minimum absolute atomic E-state index is 0.0845. The van der Waals surface area contributed by atoms with E-state index in [9.17, 15) is 4.79 Å². The predicted octanol–water partition coefficient (Wildman–Crippen LogP) is 3.91. The number of nitrogens with zero attached hydrogens (tertiary/aromatic N) is 1. The quantitative estimate of drug-likeness (QED) is 0.752. The fraction of sp³-hybridized carbons (Fsp3) is 0.545. The SMILES string of the molecule is CCCN(CCCl)C(=O)c1cc(C)c(Br)s1. The summed E-state index contributed by atoms with van der Waals surface area (Å²) in [6.07, 6.45) is 0.953. The summed E-state index contributed by atoms with van der Waals surface area (Å²) in [6, 6.07) is 1.92. The van der Waals surface area contributed by atoms with Gasteiger partial charge in [0.2, 0.25) is 0 Å². The van der Waals surface area contributed by atoms with E-state index in [1.54, 1.807) is 0 Å². The van der Waals surface area contributed by atoms with Crippen LogP contribution in [0.1, 0.15) is 28.6 Å². The first-order chi connectivity index (χ1) is 7.60. The Morgan fingerprint density at radius 2 is 2.25 bits per heavy atom. The minimum atomic E-state index is 0.0845. The van der Waals surface area contributed by atoms with Crippen molar-refractivity contribution in [3.63, 3.8) is 0 Å². The largest absolute Gasteiger partial charge is 0.337 e. The second-order valence-corrected chi connectivity index (χ2v) is 6.30. The van der Waals surface area contributed by atoms with Gasteiger partial charge in [0.25, 0.3) is 5.91 Å². The number of carbonyl (C=O) groups is 1. The standard InChI is InChI=1S/C11H15BrClNOS/c1-3-5-14(6-4-13)11(15)9-7-8(2)10(12)16-9/h7H,3-6H2,1-2H3. The average molecular weight is 325 g/mol. The number of hydrogen-bond donors (Lipinski definition) is 0. The number of hydrogen-bond acceptors (Lipinski definition) is 2. The second-order valence-electron chi connectivity index (χ2n) is 3.55. The highest BCUT2D eigenvalue weighted by Gasteiger charge is 2.17. The molecule has 0 unspecified atom stereocenters. The maximum Gasteiger partial charge on any atom is 0.264 e. The maximum atomic E-state index is 12.1. The molecule has 1 rings (SSSR count). The van der Waals surface area contributed by atoms with Crippen molar-refractivity contribution in [3.05, 3.63) is 20.3 Å². The molecule has 0 bridgehead atoms. The Morgan fingerprint density at radius 1 is 1.56 bits per heavy atom. The van der Waals surface area contributed by atoms with Crippen LogP contribution in [-0.2, 0) is 0 Å². The van der Waals surface area contributed by atoms with Gasteiger partial charge in [-0.3, -0.25) is 4.79 Å². The summed E-state index contributed by atoms with van der Waals surface area (Å²) >= 11 is 10.6. The average Bonchev–Trinajstić information content (AvgIpc) is 2.58. The van der Waals surface area contributed by atoms with E-state index in [0.29, 0.717) is 12.4 Å². The molecule has 0 aromatic carbocycles. The number of rotatable bonds is 5. The van der Waals surface area contributed by atoms with Crippen LogP contribution in [0.2, 0.25) is 0 Å². The molecule has 0 fully saturated rings. The van der Waals surface area contributed by atoms with Crippen LogP contribution in [0, 0.1) is 6.92 Å². The van der Waals surface area contributed by atoms with Gasteiger partial charge in [0, 0.05) is 19.0 Å². The summed E-state index contributed by atoms with van der Waals surface area (Å²) in [5.41, 5.74) is 1.11. The van der Waals surface area contributed by atoms with E-state index >= 15 is 0 Å². The van der Waals surface area contributed by atoms with E-state index in [1.807, 2.05) is 17.9 Å². The van der Waals surface area contributed by atoms with Crippen molar-refractivity contribution < 1.29 is 4.79 Å². The summed E-state index contributed by atoms with van der Waals surface area (Å²) in [5, 5.41) is 0. The van der Waals surface area contributed by atoms with Crippen molar-refractivity contribution in [1.82, 2.24) is 4.90 Å². The normalized spacial score (nSPS) is 10.5. The summed E-state index contributed by atoms with van der Waals surface area (Å²) in [4.78, 5) is 14.7. The number of thiophene rings is 1. The Morgan fingerprint density at radius 3 is 2.69 bits per heavy atom. The smallest absolute Gasteiger partial charge is 0.264 e. The van der Waals surface area contributed by atoms with Crippen molar-refractivity contribution in [3.8, 4) is 0 Å². The monoisotopic (exact) mass is 323 g/mol. The summed E-state index contributed by atoms with van der Waals surface area (Å²) in [5.74, 6) is 0.568. The molecule has 0 aliphatic heterocycles. The van der Waals surface area contributed by atoms with Crippen LogP contribution >= 0.6 is 38.9 Å². The first-order valence-corrected chi connectivity index (χ1v) is 7.35. The molecule has 5 heteroatoms. The van der Waals surface area contributed by atoms with Crippen molar-refractivity contribution in [2.75, 3.05) is 19.0 Å². The number of halogens is 2. The third-order valence-electron chi connectivity index (χ3n) is 2.20. The number of alkyl halides is 1. The highest BCUT2D eigenvalue weighted by molar-refractivity contribution is 9.11. The zero-order valence-corrected chi connectivity index (χ0v) is 12.6. The molecule has 1 aromatic rings. The highest BCUT2D eigenvalue weighted by atomic mass is 79.9. The predicted molar refractivity (Wildman–Crippen MR) is 73.7 cm³/mol. The molecule has 0 aliphatic rings. The van der Waals surface area contributed by atoms with E-state index in [2.05, 4.69) is 22.9 Å². The first-order valence-electron chi connectivity index (χ1n) is 5.21. The minimum Gasteiger partial charge on any atom is -0.337 e. The molecule has 0 atom stereocenters. The number of aryl methyl sites for hydroxylation is 1. The van der Waals surface area contributed by atoms with Gasteiger partial charge < -0.3 is 4.90 Å². The number of carbonyl (C=O) groups excluding carboxylic acids is 1. The van der Waals surface area contributed by atoms with Gasteiger partial charge in [0.1, 0.15) is 0 Å². The van der Waals surface area contributed by atoms with Gasteiger partial charge in [-0.15, -0.1) is 22.9 Å². The Hall–Kier alpha value is -0.0600. The summed E-state index contributed by atoms with van der Waals surface area (Å²) < 4.78 is 1.03. The van der Waals surface area contributed by atoms with Crippen molar-refractivity contribution in [1.29, 1.82) is 0 Å². The lowest BCUT2D eigenvalue weighted by Gasteiger charge is -2.19. The fourth-order valence-corrected chi connectivity index (χ4v) is 3.11.